The Kier molecular flexibility index (Phi) is 2.74. The number of rotatable bonds is 2. The van der Waals surface area contributed by atoms with Gasteiger partial charge in [-0.2, -0.15) is 0 Å². The molecule has 1 atom stereocenters. The average Bonchev–Trinajstić information content (AvgIpc) is 2.10. The fraction of sp³-hybridized carbons (Fsp3) is 0.500. The molecule has 1 aromatic heterocycles. The SMILES string of the molecule is Cc1cc(N2CCC2CN)ncc1Br. The molecule has 76 valence electrons. The lowest BCUT2D eigenvalue weighted by molar-refractivity contribution is 0.452. The smallest absolute Gasteiger partial charge is 0.129 e. The van der Waals surface area contributed by atoms with Crippen molar-refractivity contribution < 1.29 is 0 Å². The monoisotopic (exact) mass is 255 g/mol. The molecule has 1 saturated heterocycles. The lowest BCUT2D eigenvalue weighted by Crippen LogP contribution is -2.52. The highest BCUT2D eigenvalue weighted by Gasteiger charge is 2.27. The molecule has 14 heavy (non-hydrogen) atoms. The van der Waals surface area contributed by atoms with E-state index in [-0.39, 0.29) is 0 Å². The molecule has 0 saturated carbocycles. The summed E-state index contributed by atoms with van der Waals surface area (Å²) in [6, 6.07) is 2.59. The van der Waals surface area contributed by atoms with Crippen molar-refractivity contribution in [2.24, 2.45) is 5.73 Å². The third kappa shape index (κ3) is 1.64. The predicted molar refractivity (Wildman–Crippen MR) is 61.5 cm³/mol. The molecule has 0 aliphatic carbocycles. The molecule has 1 aliphatic rings. The third-order valence-corrected chi connectivity index (χ3v) is 3.57. The van der Waals surface area contributed by atoms with Gasteiger partial charge in [-0.05, 0) is 40.9 Å². The second-order valence-electron chi connectivity index (χ2n) is 3.66. The van der Waals surface area contributed by atoms with Crippen LogP contribution in [0.25, 0.3) is 0 Å². The van der Waals surface area contributed by atoms with Gasteiger partial charge >= 0.3 is 0 Å². The standard InChI is InChI=1S/C10H14BrN3/c1-7-4-10(13-6-9(7)11)14-3-2-8(14)5-12/h4,6,8H,2-3,5,12H2,1H3. The minimum atomic E-state index is 0.489. The third-order valence-electron chi connectivity index (χ3n) is 2.74. The number of anilines is 1. The fourth-order valence-electron chi connectivity index (χ4n) is 1.67. The Hall–Kier alpha value is -0.610. The molecular formula is C10H14BrN3. The first-order valence-electron chi connectivity index (χ1n) is 4.81. The van der Waals surface area contributed by atoms with Gasteiger partial charge in [0, 0.05) is 29.8 Å². The van der Waals surface area contributed by atoms with Crippen LogP contribution in [-0.4, -0.2) is 24.1 Å². The maximum absolute atomic E-state index is 5.65. The second kappa shape index (κ2) is 3.87. The largest absolute Gasteiger partial charge is 0.352 e. The van der Waals surface area contributed by atoms with E-state index in [1.165, 1.54) is 12.0 Å². The van der Waals surface area contributed by atoms with E-state index in [4.69, 9.17) is 5.73 Å². The minimum Gasteiger partial charge on any atom is -0.352 e. The highest BCUT2D eigenvalue weighted by atomic mass is 79.9. The number of aryl methyl sites for hydroxylation is 1. The van der Waals surface area contributed by atoms with Gasteiger partial charge < -0.3 is 10.6 Å². The second-order valence-corrected chi connectivity index (χ2v) is 4.52. The molecular weight excluding hydrogens is 242 g/mol. The van der Waals surface area contributed by atoms with Crippen molar-refractivity contribution in [3.05, 3.63) is 22.3 Å². The van der Waals surface area contributed by atoms with Crippen LogP contribution in [0.4, 0.5) is 5.82 Å². The molecule has 1 fully saturated rings. The number of halogens is 1. The van der Waals surface area contributed by atoms with Gasteiger partial charge in [-0.3, -0.25) is 0 Å². The van der Waals surface area contributed by atoms with Gasteiger partial charge in [0.2, 0.25) is 0 Å². The van der Waals surface area contributed by atoms with E-state index in [0.29, 0.717) is 6.04 Å². The number of hydrogen-bond donors (Lipinski definition) is 1. The lowest BCUT2D eigenvalue weighted by atomic mass is 10.0. The zero-order chi connectivity index (χ0) is 10.1. The van der Waals surface area contributed by atoms with Gasteiger partial charge in [-0.1, -0.05) is 0 Å². The molecule has 0 spiro atoms. The van der Waals surface area contributed by atoms with E-state index in [2.05, 4.69) is 38.8 Å². The lowest BCUT2D eigenvalue weighted by Gasteiger charge is -2.41. The highest BCUT2D eigenvalue weighted by Crippen LogP contribution is 2.26. The van der Waals surface area contributed by atoms with Crippen LogP contribution >= 0.6 is 15.9 Å². The molecule has 1 aromatic rings. The van der Waals surface area contributed by atoms with E-state index >= 15 is 0 Å². The molecule has 0 aromatic carbocycles. The number of hydrogen-bond acceptors (Lipinski definition) is 3. The number of pyridine rings is 1. The number of nitrogens with two attached hydrogens (primary N) is 1. The molecule has 2 heterocycles. The van der Waals surface area contributed by atoms with E-state index < -0.39 is 0 Å². The summed E-state index contributed by atoms with van der Waals surface area (Å²) in [6.45, 7) is 3.87. The van der Waals surface area contributed by atoms with Gasteiger partial charge in [0.15, 0.2) is 0 Å². The number of nitrogens with zero attached hydrogens (tertiary/aromatic N) is 2. The average molecular weight is 256 g/mol. The Labute approximate surface area is 92.4 Å². The Morgan fingerprint density at radius 3 is 3.00 bits per heavy atom. The van der Waals surface area contributed by atoms with Crippen LogP contribution in [0.5, 0.6) is 0 Å². The maximum atomic E-state index is 5.65. The van der Waals surface area contributed by atoms with Gasteiger partial charge in [0.25, 0.3) is 0 Å². The molecule has 3 nitrogen and oxygen atoms in total. The van der Waals surface area contributed by atoms with Gasteiger partial charge in [0.05, 0.1) is 0 Å². The highest BCUT2D eigenvalue weighted by molar-refractivity contribution is 9.10. The zero-order valence-electron chi connectivity index (χ0n) is 8.20. The van der Waals surface area contributed by atoms with Crippen molar-refractivity contribution in [3.8, 4) is 0 Å². The van der Waals surface area contributed by atoms with E-state index in [9.17, 15) is 0 Å². The summed E-state index contributed by atoms with van der Waals surface area (Å²) >= 11 is 3.44. The Morgan fingerprint density at radius 1 is 1.71 bits per heavy atom. The summed E-state index contributed by atoms with van der Waals surface area (Å²) < 4.78 is 1.06. The summed E-state index contributed by atoms with van der Waals surface area (Å²) in [5.41, 5.74) is 6.87. The van der Waals surface area contributed by atoms with Crippen LogP contribution in [0, 0.1) is 6.92 Å². The van der Waals surface area contributed by atoms with Crippen LogP contribution in [0.15, 0.2) is 16.7 Å². The Balaban J connectivity index is 2.20. The summed E-state index contributed by atoms with van der Waals surface area (Å²) in [5, 5.41) is 0. The van der Waals surface area contributed by atoms with Crippen molar-refractivity contribution >= 4 is 21.7 Å². The maximum Gasteiger partial charge on any atom is 0.129 e. The molecule has 4 heteroatoms. The molecule has 0 radical (unpaired) electrons. The molecule has 1 unspecified atom stereocenters. The van der Waals surface area contributed by atoms with Crippen molar-refractivity contribution in [3.63, 3.8) is 0 Å². The normalized spacial score (nSPS) is 20.8. The summed E-state index contributed by atoms with van der Waals surface area (Å²) in [4.78, 5) is 6.65. The van der Waals surface area contributed by atoms with Gasteiger partial charge in [-0.15, -0.1) is 0 Å². The van der Waals surface area contributed by atoms with Crippen LogP contribution in [0.3, 0.4) is 0 Å². The fourth-order valence-corrected chi connectivity index (χ4v) is 1.89. The molecule has 1 aliphatic heterocycles. The number of aromatic nitrogens is 1. The first-order valence-corrected chi connectivity index (χ1v) is 5.60. The van der Waals surface area contributed by atoms with Crippen molar-refractivity contribution in [1.29, 1.82) is 0 Å². The Bertz CT molecular complexity index is 338. The van der Waals surface area contributed by atoms with Crippen LogP contribution in [-0.2, 0) is 0 Å². The summed E-state index contributed by atoms with van der Waals surface area (Å²) in [6.07, 6.45) is 3.05. The van der Waals surface area contributed by atoms with Crippen LogP contribution < -0.4 is 10.6 Å². The van der Waals surface area contributed by atoms with E-state index in [0.717, 1.165) is 23.4 Å². The predicted octanol–water partition coefficient (Wildman–Crippen LogP) is 1.69. The first kappa shape index (κ1) is 9.93. The van der Waals surface area contributed by atoms with Crippen molar-refractivity contribution in [2.75, 3.05) is 18.0 Å². The van der Waals surface area contributed by atoms with Crippen LogP contribution in [0.2, 0.25) is 0 Å². The summed E-state index contributed by atoms with van der Waals surface area (Å²) in [7, 11) is 0. The van der Waals surface area contributed by atoms with Gasteiger partial charge in [-0.25, -0.2) is 4.98 Å². The van der Waals surface area contributed by atoms with Crippen molar-refractivity contribution in [1.82, 2.24) is 4.98 Å². The minimum absolute atomic E-state index is 0.489. The molecule has 0 amide bonds. The van der Waals surface area contributed by atoms with Gasteiger partial charge in [0.1, 0.15) is 5.82 Å². The van der Waals surface area contributed by atoms with Crippen LogP contribution in [0.1, 0.15) is 12.0 Å². The van der Waals surface area contributed by atoms with Crippen molar-refractivity contribution in [2.45, 2.75) is 19.4 Å². The molecule has 2 N–H and O–H groups in total. The quantitative estimate of drug-likeness (QED) is 0.875. The zero-order valence-corrected chi connectivity index (χ0v) is 9.79. The van der Waals surface area contributed by atoms with E-state index in [1.54, 1.807) is 0 Å². The molecule has 2 rings (SSSR count). The Morgan fingerprint density at radius 2 is 2.50 bits per heavy atom. The topological polar surface area (TPSA) is 42.1 Å². The summed E-state index contributed by atoms with van der Waals surface area (Å²) in [5.74, 6) is 1.05. The first-order chi connectivity index (χ1) is 6.72. The van der Waals surface area contributed by atoms with E-state index in [1.807, 2.05) is 6.20 Å². The molecule has 0 bridgehead atoms.